The maximum Gasteiger partial charge on any atom is 0.0590 e. The molecule has 0 radical (unpaired) electrons. The Morgan fingerprint density at radius 3 is 2.50 bits per heavy atom. The molecule has 4 heteroatoms. The van der Waals surface area contributed by atoms with E-state index < -0.39 is 0 Å². The third kappa shape index (κ3) is 2.58. The van der Waals surface area contributed by atoms with E-state index in [0.29, 0.717) is 5.92 Å². The highest BCUT2D eigenvalue weighted by molar-refractivity contribution is 7.10. The number of pyridine rings is 1. The van der Waals surface area contributed by atoms with Crippen LogP contribution in [0.5, 0.6) is 0 Å². The zero-order chi connectivity index (χ0) is 13.1. The first-order valence-corrected chi connectivity index (χ1v) is 7.21. The molecule has 0 aliphatic rings. The normalized spacial score (nSPS) is 14.4. The fraction of sp³-hybridized carbons (Fsp3) is 0.357. The second-order valence-electron chi connectivity index (χ2n) is 4.43. The monoisotopic (exact) mass is 280 g/mol. The van der Waals surface area contributed by atoms with Gasteiger partial charge in [0.15, 0.2) is 0 Å². The molecule has 2 nitrogen and oxygen atoms in total. The maximum absolute atomic E-state index is 6.37. The van der Waals surface area contributed by atoms with Crippen molar-refractivity contribution < 1.29 is 0 Å². The molecule has 2 unspecified atom stereocenters. The first-order valence-electron chi connectivity index (χ1n) is 5.95. The quantitative estimate of drug-likeness (QED) is 0.909. The van der Waals surface area contributed by atoms with Crippen molar-refractivity contribution in [1.82, 2.24) is 10.3 Å². The Morgan fingerprint density at radius 2 is 2.00 bits per heavy atom. The van der Waals surface area contributed by atoms with Crippen LogP contribution in [0.25, 0.3) is 0 Å². The van der Waals surface area contributed by atoms with Gasteiger partial charge in [-0.3, -0.25) is 4.98 Å². The summed E-state index contributed by atoms with van der Waals surface area (Å²) < 4.78 is 0. The van der Waals surface area contributed by atoms with Gasteiger partial charge in [-0.05, 0) is 42.6 Å². The third-order valence-corrected chi connectivity index (χ3v) is 5.05. The van der Waals surface area contributed by atoms with E-state index in [2.05, 4.69) is 34.7 Å². The summed E-state index contributed by atoms with van der Waals surface area (Å²) in [5.74, 6) is 0.355. The zero-order valence-electron chi connectivity index (χ0n) is 10.8. The predicted octanol–water partition coefficient (Wildman–Crippen LogP) is 4.17. The molecule has 18 heavy (non-hydrogen) atoms. The first kappa shape index (κ1) is 13.5. The summed E-state index contributed by atoms with van der Waals surface area (Å²) >= 11 is 8.09. The number of likely N-dealkylation sites (N-methyl/N-ethyl adjacent to an activating group) is 1. The Balaban J connectivity index is 2.32. The van der Waals surface area contributed by atoms with E-state index in [9.17, 15) is 0 Å². The zero-order valence-corrected chi connectivity index (χ0v) is 12.3. The van der Waals surface area contributed by atoms with Crippen molar-refractivity contribution in [1.29, 1.82) is 0 Å². The molecule has 0 amide bonds. The number of thiophene rings is 1. The fourth-order valence-corrected chi connectivity index (χ4v) is 3.65. The third-order valence-electron chi connectivity index (χ3n) is 3.25. The molecule has 0 aliphatic heterocycles. The van der Waals surface area contributed by atoms with Crippen LogP contribution in [0.4, 0.5) is 0 Å². The van der Waals surface area contributed by atoms with Gasteiger partial charge in [-0.25, -0.2) is 0 Å². The molecule has 2 rings (SSSR count). The summed E-state index contributed by atoms with van der Waals surface area (Å²) in [4.78, 5) is 5.27. The summed E-state index contributed by atoms with van der Waals surface area (Å²) in [6, 6.07) is 4.35. The van der Waals surface area contributed by atoms with Gasteiger partial charge in [0, 0.05) is 29.2 Å². The van der Waals surface area contributed by atoms with Gasteiger partial charge in [-0.2, -0.15) is 0 Å². The summed E-state index contributed by atoms with van der Waals surface area (Å²) in [6.07, 6.45) is 3.67. The Hall–Kier alpha value is -0.900. The number of hydrogen-bond donors (Lipinski definition) is 1. The average molecular weight is 281 g/mol. The molecule has 0 aliphatic carbocycles. The van der Waals surface area contributed by atoms with E-state index in [1.807, 2.05) is 26.4 Å². The lowest BCUT2D eigenvalue weighted by Crippen LogP contribution is -2.21. The first-order chi connectivity index (χ1) is 8.65. The van der Waals surface area contributed by atoms with Gasteiger partial charge in [0.25, 0.3) is 0 Å². The molecule has 0 saturated heterocycles. The van der Waals surface area contributed by atoms with E-state index in [1.54, 1.807) is 11.3 Å². The molecule has 0 aromatic carbocycles. The van der Waals surface area contributed by atoms with Crippen LogP contribution < -0.4 is 5.32 Å². The summed E-state index contributed by atoms with van der Waals surface area (Å²) in [7, 11) is 1.98. The van der Waals surface area contributed by atoms with Gasteiger partial charge >= 0.3 is 0 Å². The van der Waals surface area contributed by atoms with E-state index in [4.69, 9.17) is 11.6 Å². The van der Waals surface area contributed by atoms with Crippen molar-refractivity contribution in [3.05, 3.63) is 50.9 Å². The second kappa shape index (κ2) is 5.83. The van der Waals surface area contributed by atoms with Crippen LogP contribution in [0.3, 0.4) is 0 Å². The Kier molecular flexibility index (Phi) is 4.38. The molecule has 1 N–H and O–H groups in total. The molecular weight excluding hydrogens is 264 g/mol. The van der Waals surface area contributed by atoms with Crippen LogP contribution in [-0.4, -0.2) is 12.0 Å². The molecular formula is C14H17ClN2S. The molecule has 2 heterocycles. The number of aryl methyl sites for hydroxylation is 1. The highest BCUT2D eigenvalue weighted by atomic mass is 35.5. The van der Waals surface area contributed by atoms with E-state index >= 15 is 0 Å². The molecule has 0 saturated carbocycles. The minimum Gasteiger partial charge on any atom is -0.312 e. The lowest BCUT2D eigenvalue weighted by molar-refractivity contribution is 0.515. The van der Waals surface area contributed by atoms with E-state index in [1.165, 1.54) is 10.4 Å². The number of hydrogen-bond acceptors (Lipinski definition) is 3. The van der Waals surface area contributed by atoms with Crippen molar-refractivity contribution in [3.8, 4) is 0 Å². The van der Waals surface area contributed by atoms with Crippen LogP contribution in [0, 0.1) is 6.92 Å². The smallest absolute Gasteiger partial charge is 0.0590 e. The fourth-order valence-electron chi connectivity index (χ4n) is 2.13. The van der Waals surface area contributed by atoms with Gasteiger partial charge in [0.05, 0.1) is 5.02 Å². The minimum atomic E-state index is 0.235. The van der Waals surface area contributed by atoms with E-state index in [-0.39, 0.29) is 6.04 Å². The largest absolute Gasteiger partial charge is 0.312 e. The number of nitrogens with one attached hydrogen (secondary N) is 1. The van der Waals surface area contributed by atoms with Crippen LogP contribution in [0.1, 0.15) is 34.9 Å². The average Bonchev–Trinajstić information content (AvgIpc) is 2.73. The van der Waals surface area contributed by atoms with Crippen molar-refractivity contribution in [3.63, 3.8) is 0 Å². The summed E-state index contributed by atoms with van der Waals surface area (Å²) in [6.45, 7) is 4.26. The molecule has 96 valence electrons. The van der Waals surface area contributed by atoms with Crippen LogP contribution in [-0.2, 0) is 0 Å². The van der Waals surface area contributed by atoms with Crippen molar-refractivity contribution in [2.75, 3.05) is 7.05 Å². The molecule has 2 atom stereocenters. The van der Waals surface area contributed by atoms with Gasteiger partial charge in [-0.1, -0.05) is 18.5 Å². The highest BCUT2D eigenvalue weighted by Crippen LogP contribution is 2.39. The summed E-state index contributed by atoms with van der Waals surface area (Å²) in [5.41, 5.74) is 2.42. The van der Waals surface area contributed by atoms with Crippen molar-refractivity contribution in [2.45, 2.75) is 25.8 Å². The predicted molar refractivity (Wildman–Crippen MR) is 78.5 cm³/mol. The number of aromatic nitrogens is 1. The Morgan fingerprint density at radius 1 is 1.33 bits per heavy atom. The maximum atomic E-state index is 6.37. The Labute approximate surface area is 117 Å². The SMILES string of the molecule is CNC(c1scc(C)c1Cl)C(C)c1ccncc1. The van der Waals surface area contributed by atoms with Crippen LogP contribution in [0.2, 0.25) is 5.02 Å². The molecule has 0 fully saturated rings. The van der Waals surface area contributed by atoms with Crippen molar-refractivity contribution in [2.24, 2.45) is 0 Å². The summed E-state index contributed by atoms with van der Waals surface area (Å²) in [5, 5.41) is 6.38. The van der Waals surface area contributed by atoms with E-state index in [0.717, 1.165) is 10.6 Å². The lowest BCUT2D eigenvalue weighted by Gasteiger charge is -2.23. The highest BCUT2D eigenvalue weighted by Gasteiger charge is 2.23. The van der Waals surface area contributed by atoms with Crippen LogP contribution in [0.15, 0.2) is 29.9 Å². The van der Waals surface area contributed by atoms with Gasteiger partial charge in [0.1, 0.15) is 0 Å². The number of rotatable bonds is 4. The second-order valence-corrected chi connectivity index (χ2v) is 5.72. The van der Waals surface area contributed by atoms with Crippen molar-refractivity contribution >= 4 is 22.9 Å². The standard InChI is InChI=1S/C14H17ClN2S/c1-9-8-18-14(12(9)15)13(16-3)10(2)11-4-6-17-7-5-11/h4-8,10,13,16H,1-3H3. The van der Waals surface area contributed by atoms with Gasteiger partial charge in [0.2, 0.25) is 0 Å². The Bertz CT molecular complexity index is 510. The molecule has 0 spiro atoms. The minimum absolute atomic E-state index is 0.235. The number of nitrogens with zero attached hydrogens (tertiary/aromatic N) is 1. The topological polar surface area (TPSA) is 24.9 Å². The molecule has 2 aromatic rings. The number of halogens is 1. The van der Waals surface area contributed by atoms with Gasteiger partial charge in [-0.15, -0.1) is 11.3 Å². The van der Waals surface area contributed by atoms with Gasteiger partial charge < -0.3 is 5.32 Å². The lowest BCUT2D eigenvalue weighted by atomic mass is 9.93. The van der Waals surface area contributed by atoms with Crippen LogP contribution >= 0.6 is 22.9 Å². The molecule has 0 bridgehead atoms. The molecule has 2 aromatic heterocycles.